The van der Waals surface area contributed by atoms with Gasteiger partial charge < -0.3 is 10.6 Å². The molecule has 0 saturated carbocycles. The van der Waals surface area contributed by atoms with Crippen molar-refractivity contribution in [1.82, 2.24) is 10.6 Å². The van der Waals surface area contributed by atoms with E-state index in [-0.39, 0.29) is 27.6 Å². The Hall–Kier alpha value is -2.93. The van der Waals surface area contributed by atoms with Crippen LogP contribution >= 0.6 is 35.4 Å². The predicted octanol–water partition coefficient (Wildman–Crippen LogP) is 5.61. The average molecular weight is 472 g/mol. The number of hydrogen-bond donors (Lipinski definition) is 3. The summed E-state index contributed by atoms with van der Waals surface area (Å²) in [5.74, 6) is -0.687. The molecule has 3 N–H and O–H groups in total. The topological polar surface area (TPSA) is 70.2 Å². The lowest BCUT2D eigenvalue weighted by Crippen LogP contribution is -2.34. The minimum atomic E-state index is -0.468. The van der Waals surface area contributed by atoms with E-state index in [1.807, 2.05) is 37.3 Å². The van der Waals surface area contributed by atoms with Crippen LogP contribution in [0.4, 0.5) is 5.69 Å². The fourth-order valence-electron chi connectivity index (χ4n) is 2.85. The first-order valence-corrected chi connectivity index (χ1v) is 10.5. The third-order valence-corrected chi connectivity index (χ3v) is 5.18. The van der Waals surface area contributed by atoms with Crippen molar-refractivity contribution in [3.63, 3.8) is 0 Å². The zero-order chi connectivity index (χ0) is 22.4. The number of anilines is 1. The third kappa shape index (κ3) is 6.28. The number of halogens is 2. The molecule has 0 fully saturated rings. The Labute approximate surface area is 195 Å². The van der Waals surface area contributed by atoms with Crippen molar-refractivity contribution in [2.24, 2.45) is 0 Å². The van der Waals surface area contributed by atoms with Gasteiger partial charge in [-0.15, -0.1) is 0 Å². The molecule has 0 aliphatic carbocycles. The summed E-state index contributed by atoms with van der Waals surface area (Å²) >= 11 is 17.1. The quantitative estimate of drug-likeness (QED) is 0.422. The van der Waals surface area contributed by atoms with Crippen LogP contribution in [0.25, 0.3) is 0 Å². The fourth-order valence-corrected chi connectivity index (χ4v) is 3.55. The molecule has 0 aromatic heterocycles. The maximum absolute atomic E-state index is 12.6. The predicted molar refractivity (Wildman–Crippen MR) is 129 cm³/mol. The molecule has 1 unspecified atom stereocenters. The van der Waals surface area contributed by atoms with E-state index < -0.39 is 5.91 Å². The molecule has 0 heterocycles. The molecule has 3 rings (SSSR count). The van der Waals surface area contributed by atoms with Gasteiger partial charge in [-0.1, -0.05) is 59.6 Å². The molecule has 0 spiro atoms. The Kier molecular flexibility index (Phi) is 7.63. The van der Waals surface area contributed by atoms with Crippen LogP contribution in [0.3, 0.4) is 0 Å². The molecule has 3 aromatic rings. The van der Waals surface area contributed by atoms with Gasteiger partial charge in [0, 0.05) is 16.3 Å². The first-order valence-electron chi connectivity index (χ1n) is 9.37. The standard InChI is InChI=1S/C23H19Cl2N3O2S/c1-14(15-6-3-2-4-7-15)26-21(29)16-8-5-9-18(12-16)27-23(31)28-22(30)19-11-10-17(24)13-20(19)25/h2-14H,1H3,(H,26,29)(H2,27,28,30,31). The Morgan fingerprint density at radius 1 is 0.903 bits per heavy atom. The zero-order valence-corrected chi connectivity index (χ0v) is 18.8. The first kappa shape index (κ1) is 22.7. The number of carbonyl (C=O) groups excluding carboxylic acids is 2. The number of rotatable bonds is 5. The smallest absolute Gasteiger partial charge is 0.258 e. The molecule has 0 aliphatic rings. The van der Waals surface area contributed by atoms with Gasteiger partial charge in [-0.05, 0) is 61.1 Å². The number of thiocarbonyl (C=S) groups is 1. The maximum atomic E-state index is 12.6. The number of amides is 2. The van der Waals surface area contributed by atoms with Gasteiger partial charge in [0.05, 0.1) is 16.6 Å². The van der Waals surface area contributed by atoms with Crippen molar-refractivity contribution in [2.45, 2.75) is 13.0 Å². The third-order valence-electron chi connectivity index (χ3n) is 4.43. The molecular weight excluding hydrogens is 453 g/mol. The lowest BCUT2D eigenvalue weighted by molar-refractivity contribution is 0.0938. The molecule has 31 heavy (non-hydrogen) atoms. The number of carbonyl (C=O) groups is 2. The Bertz CT molecular complexity index is 1120. The molecule has 158 valence electrons. The van der Waals surface area contributed by atoms with Gasteiger partial charge >= 0.3 is 0 Å². The Morgan fingerprint density at radius 3 is 2.35 bits per heavy atom. The lowest BCUT2D eigenvalue weighted by Gasteiger charge is -2.15. The molecule has 1 atom stereocenters. The summed E-state index contributed by atoms with van der Waals surface area (Å²) in [5.41, 5.74) is 2.28. The van der Waals surface area contributed by atoms with Crippen LogP contribution in [0, 0.1) is 0 Å². The Morgan fingerprint density at radius 2 is 1.65 bits per heavy atom. The highest BCUT2D eigenvalue weighted by Crippen LogP contribution is 2.21. The van der Waals surface area contributed by atoms with Gasteiger partial charge in [0.25, 0.3) is 11.8 Å². The van der Waals surface area contributed by atoms with E-state index in [1.165, 1.54) is 12.1 Å². The summed E-state index contributed by atoms with van der Waals surface area (Å²) in [7, 11) is 0. The summed E-state index contributed by atoms with van der Waals surface area (Å²) in [4.78, 5) is 25.0. The number of hydrogen-bond acceptors (Lipinski definition) is 3. The molecule has 5 nitrogen and oxygen atoms in total. The normalized spacial score (nSPS) is 11.3. The first-order chi connectivity index (χ1) is 14.8. The van der Waals surface area contributed by atoms with E-state index in [0.717, 1.165) is 5.56 Å². The highest BCUT2D eigenvalue weighted by molar-refractivity contribution is 7.80. The summed E-state index contributed by atoms with van der Waals surface area (Å²) in [6.07, 6.45) is 0. The lowest BCUT2D eigenvalue weighted by atomic mass is 10.1. The summed E-state index contributed by atoms with van der Waals surface area (Å²) in [6.45, 7) is 1.92. The van der Waals surface area contributed by atoms with E-state index >= 15 is 0 Å². The monoisotopic (exact) mass is 471 g/mol. The number of benzene rings is 3. The molecule has 0 aliphatic heterocycles. The minimum absolute atomic E-state index is 0.0752. The van der Waals surface area contributed by atoms with Gasteiger partial charge in [-0.2, -0.15) is 0 Å². The second kappa shape index (κ2) is 10.4. The summed E-state index contributed by atoms with van der Waals surface area (Å²) in [6, 6.07) is 20.9. The molecule has 0 bridgehead atoms. The number of nitrogens with one attached hydrogen (secondary N) is 3. The van der Waals surface area contributed by atoms with Crippen LogP contribution in [-0.2, 0) is 0 Å². The van der Waals surface area contributed by atoms with Crippen molar-refractivity contribution >= 4 is 58.0 Å². The largest absolute Gasteiger partial charge is 0.346 e. The second-order valence-electron chi connectivity index (χ2n) is 6.72. The maximum Gasteiger partial charge on any atom is 0.258 e. The van der Waals surface area contributed by atoms with Gasteiger partial charge in [-0.25, -0.2) is 0 Å². The Balaban J connectivity index is 1.62. The second-order valence-corrected chi connectivity index (χ2v) is 7.97. The van der Waals surface area contributed by atoms with E-state index in [9.17, 15) is 9.59 Å². The molecular formula is C23H19Cl2N3O2S. The van der Waals surface area contributed by atoms with Gasteiger partial charge in [-0.3, -0.25) is 14.9 Å². The highest BCUT2D eigenvalue weighted by Gasteiger charge is 2.14. The van der Waals surface area contributed by atoms with Gasteiger partial charge in [0.2, 0.25) is 0 Å². The van der Waals surface area contributed by atoms with E-state index in [4.69, 9.17) is 35.4 Å². The van der Waals surface area contributed by atoms with Crippen LogP contribution in [0.1, 0.15) is 39.2 Å². The van der Waals surface area contributed by atoms with Gasteiger partial charge in [0.1, 0.15) is 0 Å². The molecule has 0 radical (unpaired) electrons. The fraction of sp³-hybridized carbons (Fsp3) is 0.0870. The van der Waals surface area contributed by atoms with Gasteiger partial charge in [0.15, 0.2) is 5.11 Å². The van der Waals surface area contributed by atoms with Crippen molar-refractivity contribution in [3.8, 4) is 0 Å². The molecule has 0 saturated heterocycles. The SMILES string of the molecule is CC(NC(=O)c1cccc(NC(=S)NC(=O)c2ccc(Cl)cc2Cl)c1)c1ccccc1. The summed E-state index contributed by atoms with van der Waals surface area (Å²) < 4.78 is 0. The van der Waals surface area contributed by atoms with Crippen LogP contribution in [-0.4, -0.2) is 16.9 Å². The van der Waals surface area contributed by atoms with E-state index in [1.54, 1.807) is 30.3 Å². The van der Waals surface area contributed by atoms with Crippen molar-refractivity contribution < 1.29 is 9.59 Å². The molecule has 3 aromatic carbocycles. The molecule has 2 amide bonds. The van der Waals surface area contributed by atoms with E-state index in [0.29, 0.717) is 16.3 Å². The average Bonchev–Trinajstić information content (AvgIpc) is 2.74. The van der Waals surface area contributed by atoms with Crippen molar-refractivity contribution in [3.05, 3.63) is 99.5 Å². The molecule has 8 heteroatoms. The highest BCUT2D eigenvalue weighted by atomic mass is 35.5. The van der Waals surface area contributed by atoms with Crippen LogP contribution < -0.4 is 16.0 Å². The van der Waals surface area contributed by atoms with E-state index in [2.05, 4.69) is 16.0 Å². The van der Waals surface area contributed by atoms with Crippen LogP contribution in [0.2, 0.25) is 10.0 Å². The van der Waals surface area contributed by atoms with Crippen molar-refractivity contribution in [2.75, 3.05) is 5.32 Å². The van der Waals surface area contributed by atoms with Crippen molar-refractivity contribution in [1.29, 1.82) is 0 Å². The van der Waals surface area contributed by atoms with Crippen LogP contribution in [0.15, 0.2) is 72.8 Å². The van der Waals surface area contributed by atoms with Crippen LogP contribution in [0.5, 0.6) is 0 Å². The summed E-state index contributed by atoms with van der Waals surface area (Å²) in [5, 5.41) is 9.15. The zero-order valence-electron chi connectivity index (χ0n) is 16.5. The minimum Gasteiger partial charge on any atom is -0.346 e.